The van der Waals surface area contributed by atoms with Gasteiger partial charge in [0.1, 0.15) is 17.7 Å². The molecule has 0 bridgehead atoms. The number of amides is 2. The lowest BCUT2D eigenvalue weighted by Crippen LogP contribution is -2.52. The van der Waals surface area contributed by atoms with Crippen LogP contribution in [0, 0.1) is 23.5 Å². The van der Waals surface area contributed by atoms with Crippen molar-refractivity contribution in [1.29, 1.82) is 0 Å². The number of carbonyl (C=O) groups excluding carboxylic acids is 2. The number of imide groups is 1. The number of rotatable bonds is 2. The normalized spacial score (nSPS) is 35.3. The van der Waals surface area contributed by atoms with E-state index < -0.39 is 29.8 Å². The van der Waals surface area contributed by atoms with E-state index in [1.54, 1.807) is 0 Å². The fraction of sp³-hybridized carbons (Fsp3) is 0.529. The first-order valence-corrected chi connectivity index (χ1v) is 8.37. The van der Waals surface area contributed by atoms with Crippen molar-refractivity contribution in [2.75, 3.05) is 19.7 Å². The van der Waals surface area contributed by atoms with Gasteiger partial charge in [0.15, 0.2) is 0 Å². The van der Waals surface area contributed by atoms with Crippen molar-refractivity contribution >= 4 is 11.8 Å². The van der Waals surface area contributed by atoms with Gasteiger partial charge in [-0.1, -0.05) is 0 Å². The minimum absolute atomic E-state index is 0.0612. The molecule has 3 heterocycles. The first kappa shape index (κ1) is 16.6. The predicted octanol–water partition coefficient (Wildman–Crippen LogP) is 0.327. The maximum absolute atomic E-state index is 14.0. The molecule has 0 aliphatic carbocycles. The summed E-state index contributed by atoms with van der Waals surface area (Å²) in [6.45, 7) is 1.07. The molecule has 6 nitrogen and oxygen atoms in total. The molecule has 3 saturated heterocycles. The first-order chi connectivity index (χ1) is 12.0. The number of nitrogens with one attached hydrogen (secondary N) is 1. The Morgan fingerprint density at radius 1 is 1.16 bits per heavy atom. The van der Waals surface area contributed by atoms with Crippen LogP contribution >= 0.6 is 0 Å². The predicted molar refractivity (Wildman–Crippen MR) is 83.1 cm³/mol. The molecule has 4 rings (SSSR count). The molecule has 3 aliphatic heterocycles. The summed E-state index contributed by atoms with van der Waals surface area (Å²) in [6.07, 6.45) is -0.508. The minimum Gasteiger partial charge on any atom is -0.370 e. The number of ether oxygens (including phenoxy) is 1. The Balaban J connectivity index is 1.51. The van der Waals surface area contributed by atoms with Crippen LogP contribution in [0.3, 0.4) is 0 Å². The molecule has 0 radical (unpaired) electrons. The third-order valence-electron chi connectivity index (χ3n) is 5.35. The van der Waals surface area contributed by atoms with Gasteiger partial charge in [0, 0.05) is 24.7 Å². The van der Waals surface area contributed by atoms with E-state index in [9.17, 15) is 18.4 Å². The molecular formula is C17H19F2N3O3. The molecule has 2 unspecified atom stereocenters. The third kappa shape index (κ3) is 2.65. The van der Waals surface area contributed by atoms with Crippen molar-refractivity contribution in [3.05, 3.63) is 35.4 Å². The van der Waals surface area contributed by atoms with Crippen LogP contribution in [0.15, 0.2) is 18.2 Å². The standard InChI is InChI=1S/C17H19F2N3O3/c18-8-1-2-13(19)10(3-8)15-14(20)4-9(7-25-15)22-16(23)11-5-21-6-12(11)17(22)24/h1-3,9,11-12,14-15,21H,4-7,20H2/t9-,11?,12?,14+,15-/m1/s1. The summed E-state index contributed by atoms with van der Waals surface area (Å²) >= 11 is 0. The first-order valence-electron chi connectivity index (χ1n) is 8.37. The number of hydrogen-bond donors (Lipinski definition) is 2. The van der Waals surface area contributed by atoms with Gasteiger partial charge in [0.2, 0.25) is 11.8 Å². The number of halogens is 2. The zero-order valence-electron chi connectivity index (χ0n) is 13.5. The second kappa shape index (κ2) is 6.12. The summed E-state index contributed by atoms with van der Waals surface area (Å²) in [5.74, 6) is -2.19. The van der Waals surface area contributed by atoms with Crippen LogP contribution in [0.5, 0.6) is 0 Å². The van der Waals surface area contributed by atoms with E-state index in [0.717, 1.165) is 18.2 Å². The molecule has 0 spiro atoms. The van der Waals surface area contributed by atoms with Crippen molar-refractivity contribution < 1.29 is 23.1 Å². The Labute approximate surface area is 143 Å². The summed E-state index contributed by atoms with van der Waals surface area (Å²) in [4.78, 5) is 26.3. The number of hydrogen-bond acceptors (Lipinski definition) is 5. The van der Waals surface area contributed by atoms with Gasteiger partial charge in [0.25, 0.3) is 0 Å². The summed E-state index contributed by atoms with van der Waals surface area (Å²) in [5, 5.41) is 3.06. The van der Waals surface area contributed by atoms with Crippen LogP contribution in [-0.2, 0) is 14.3 Å². The summed E-state index contributed by atoms with van der Waals surface area (Å²) in [7, 11) is 0. The largest absolute Gasteiger partial charge is 0.370 e. The number of likely N-dealkylation sites (tertiary alicyclic amines) is 1. The molecule has 134 valence electrons. The lowest BCUT2D eigenvalue weighted by Gasteiger charge is -2.38. The second-order valence-corrected chi connectivity index (χ2v) is 6.89. The van der Waals surface area contributed by atoms with Gasteiger partial charge in [-0.25, -0.2) is 8.78 Å². The van der Waals surface area contributed by atoms with Crippen molar-refractivity contribution in [1.82, 2.24) is 10.2 Å². The highest BCUT2D eigenvalue weighted by Gasteiger charge is 2.53. The lowest BCUT2D eigenvalue weighted by atomic mass is 9.93. The Bertz CT molecular complexity index is 707. The molecule has 0 aromatic heterocycles. The molecule has 1 aromatic rings. The Kier molecular flexibility index (Phi) is 4.05. The maximum Gasteiger partial charge on any atom is 0.234 e. The van der Waals surface area contributed by atoms with Crippen molar-refractivity contribution in [2.24, 2.45) is 17.6 Å². The van der Waals surface area contributed by atoms with Crippen LogP contribution in [-0.4, -0.2) is 48.5 Å². The number of carbonyl (C=O) groups is 2. The molecule has 0 saturated carbocycles. The van der Waals surface area contributed by atoms with E-state index in [4.69, 9.17) is 10.5 Å². The van der Waals surface area contributed by atoms with Crippen molar-refractivity contribution in [3.63, 3.8) is 0 Å². The monoisotopic (exact) mass is 351 g/mol. The van der Waals surface area contributed by atoms with Crippen LogP contribution in [0.2, 0.25) is 0 Å². The smallest absolute Gasteiger partial charge is 0.234 e. The van der Waals surface area contributed by atoms with Crippen molar-refractivity contribution in [2.45, 2.75) is 24.6 Å². The van der Waals surface area contributed by atoms with Crippen molar-refractivity contribution in [3.8, 4) is 0 Å². The highest BCUT2D eigenvalue weighted by atomic mass is 19.1. The molecule has 25 heavy (non-hydrogen) atoms. The van der Waals surface area contributed by atoms with E-state index >= 15 is 0 Å². The quantitative estimate of drug-likeness (QED) is 0.750. The second-order valence-electron chi connectivity index (χ2n) is 6.89. The fourth-order valence-corrected chi connectivity index (χ4v) is 4.10. The highest BCUT2D eigenvalue weighted by Crippen LogP contribution is 2.36. The molecule has 5 atom stereocenters. The minimum atomic E-state index is -0.805. The van der Waals surface area contributed by atoms with Crippen LogP contribution in [0.25, 0.3) is 0 Å². The summed E-state index contributed by atoms with van der Waals surface area (Å²) in [6, 6.07) is 2.03. The highest BCUT2D eigenvalue weighted by molar-refractivity contribution is 6.06. The van der Waals surface area contributed by atoms with E-state index in [-0.39, 0.29) is 35.8 Å². The van der Waals surface area contributed by atoms with E-state index in [2.05, 4.69) is 5.32 Å². The summed E-state index contributed by atoms with van der Waals surface area (Å²) in [5.41, 5.74) is 6.18. The van der Waals surface area contributed by atoms with Gasteiger partial charge in [-0.05, 0) is 24.6 Å². The van der Waals surface area contributed by atoms with Gasteiger partial charge < -0.3 is 15.8 Å². The lowest BCUT2D eigenvalue weighted by molar-refractivity contribution is -0.148. The topological polar surface area (TPSA) is 84.7 Å². The van der Waals surface area contributed by atoms with Gasteiger partial charge in [0.05, 0.1) is 24.5 Å². The van der Waals surface area contributed by atoms with Crippen LogP contribution in [0.4, 0.5) is 8.78 Å². The zero-order valence-corrected chi connectivity index (χ0v) is 13.5. The molecular weight excluding hydrogens is 332 g/mol. The van der Waals surface area contributed by atoms with Gasteiger partial charge in [-0.3, -0.25) is 14.5 Å². The SMILES string of the molecule is N[C@H]1C[C@@H](N2C(=O)C3CNCC3C2=O)CO[C@@H]1c1cc(F)ccc1F. The Morgan fingerprint density at radius 2 is 1.84 bits per heavy atom. The molecule has 2 amide bonds. The Hall–Kier alpha value is -1.90. The number of fused-ring (bicyclic) bond motifs is 1. The molecule has 1 aromatic carbocycles. The third-order valence-corrected chi connectivity index (χ3v) is 5.35. The summed E-state index contributed by atoms with van der Waals surface area (Å²) < 4.78 is 33.1. The maximum atomic E-state index is 14.0. The Morgan fingerprint density at radius 3 is 2.48 bits per heavy atom. The van der Waals surface area contributed by atoms with Crippen LogP contribution in [0.1, 0.15) is 18.1 Å². The van der Waals surface area contributed by atoms with Crippen LogP contribution < -0.4 is 11.1 Å². The average Bonchev–Trinajstić information content (AvgIpc) is 3.14. The molecule has 3 fully saturated rings. The van der Waals surface area contributed by atoms with E-state index in [1.165, 1.54) is 4.90 Å². The molecule has 3 aliphatic rings. The fourth-order valence-electron chi connectivity index (χ4n) is 4.10. The molecule has 3 N–H and O–H groups in total. The van der Waals surface area contributed by atoms with Gasteiger partial charge in [-0.15, -0.1) is 0 Å². The number of benzene rings is 1. The van der Waals surface area contributed by atoms with Gasteiger partial charge >= 0.3 is 0 Å². The average molecular weight is 351 g/mol. The van der Waals surface area contributed by atoms with Gasteiger partial charge in [-0.2, -0.15) is 0 Å². The molecule has 8 heteroatoms. The van der Waals surface area contributed by atoms with E-state index in [0.29, 0.717) is 19.5 Å². The number of nitrogens with zero attached hydrogens (tertiary/aromatic N) is 1. The van der Waals surface area contributed by atoms with E-state index in [1.807, 2.05) is 0 Å². The zero-order chi connectivity index (χ0) is 17.7. The number of nitrogens with two attached hydrogens (primary N) is 1.